The summed E-state index contributed by atoms with van der Waals surface area (Å²) in [6.07, 6.45) is -0.527. The van der Waals surface area contributed by atoms with Crippen LogP contribution >= 0.6 is 0 Å². The summed E-state index contributed by atoms with van der Waals surface area (Å²) in [4.78, 5) is 0. The van der Waals surface area contributed by atoms with Gasteiger partial charge in [0, 0.05) is 13.1 Å². The van der Waals surface area contributed by atoms with E-state index in [0.717, 1.165) is 11.3 Å². The van der Waals surface area contributed by atoms with Crippen LogP contribution in [-0.4, -0.2) is 44.1 Å². The summed E-state index contributed by atoms with van der Waals surface area (Å²) < 4.78 is 10.8. The van der Waals surface area contributed by atoms with Gasteiger partial charge in [0.15, 0.2) is 0 Å². The highest BCUT2D eigenvalue weighted by molar-refractivity contribution is 5.20. The lowest BCUT2D eigenvalue weighted by Crippen LogP contribution is -2.33. The monoisotopic (exact) mass is 265 g/mol. The average molecular weight is 265 g/mol. The van der Waals surface area contributed by atoms with Crippen LogP contribution in [0.3, 0.4) is 0 Å². The van der Waals surface area contributed by atoms with Crippen molar-refractivity contribution in [3.05, 3.63) is 42.5 Å². The van der Waals surface area contributed by atoms with E-state index in [1.165, 1.54) is 0 Å². The lowest BCUT2D eigenvalue weighted by atomic mass is 10.3. The molecule has 0 aromatic heterocycles. The Labute approximate surface area is 115 Å². The molecule has 0 heterocycles. The molecular weight excluding hydrogens is 242 g/mol. The Morgan fingerprint density at radius 2 is 2.11 bits per heavy atom. The largest absolute Gasteiger partial charge is 0.491 e. The number of hydrogen-bond acceptors (Lipinski definition) is 4. The molecule has 0 spiro atoms. The number of ether oxygens (including phenoxy) is 2. The molecule has 0 fully saturated rings. The maximum absolute atomic E-state index is 9.71. The van der Waals surface area contributed by atoms with Crippen molar-refractivity contribution in [2.24, 2.45) is 0 Å². The van der Waals surface area contributed by atoms with Gasteiger partial charge in [-0.25, -0.2) is 0 Å². The van der Waals surface area contributed by atoms with Gasteiger partial charge in [0.2, 0.25) is 0 Å². The van der Waals surface area contributed by atoms with Gasteiger partial charge < -0.3 is 19.9 Å². The first-order chi connectivity index (χ1) is 9.18. The van der Waals surface area contributed by atoms with Crippen molar-refractivity contribution in [3.63, 3.8) is 0 Å². The Morgan fingerprint density at radius 3 is 2.79 bits per heavy atom. The van der Waals surface area contributed by atoms with Gasteiger partial charge in [-0.05, 0) is 19.1 Å². The van der Waals surface area contributed by atoms with Crippen molar-refractivity contribution in [1.29, 1.82) is 0 Å². The number of aliphatic hydroxyl groups is 1. The molecule has 0 aliphatic rings. The van der Waals surface area contributed by atoms with E-state index in [1.807, 2.05) is 37.3 Å². The predicted octanol–water partition coefficient (Wildman–Crippen LogP) is 1.61. The normalized spacial score (nSPS) is 12.1. The van der Waals surface area contributed by atoms with E-state index in [2.05, 4.69) is 11.9 Å². The number of hydrogen-bond donors (Lipinski definition) is 2. The van der Waals surface area contributed by atoms with Gasteiger partial charge in [-0.3, -0.25) is 0 Å². The fraction of sp³-hybridized carbons (Fsp3) is 0.467. The smallest absolute Gasteiger partial charge is 0.119 e. The first-order valence-electron chi connectivity index (χ1n) is 6.47. The molecule has 4 nitrogen and oxygen atoms in total. The lowest BCUT2D eigenvalue weighted by Gasteiger charge is -2.13. The third-order valence-electron chi connectivity index (χ3n) is 2.34. The second-order valence-corrected chi connectivity index (χ2v) is 4.49. The number of para-hydroxylation sites is 1. The first-order valence-corrected chi connectivity index (χ1v) is 6.47. The van der Waals surface area contributed by atoms with Gasteiger partial charge in [0.25, 0.3) is 0 Å². The van der Waals surface area contributed by atoms with Crippen LogP contribution < -0.4 is 10.1 Å². The molecule has 4 heteroatoms. The maximum atomic E-state index is 9.71. The second kappa shape index (κ2) is 9.55. The molecule has 0 aliphatic heterocycles. The summed E-state index contributed by atoms with van der Waals surface area (Å²) in [7, 11) is 0. The van der Waals surface area contributed by atoms with Crippen molar-refractivity contribution < 1.29 is 14.6 Å². The third kappa shape index (κ3) is 8.37. The van der Waals surface area contributed by atoms with E-state index in [9.17, 15) is 5.11 Å². The summed E-state index contributed by atoms with van der Waals surface area (Å²) >= 11 is 0. The molecule has 19 heavy (non-hydrogen) atoms. The standard InChI is InChI=1S/C15H23NO3/c1-13(2)11-18-9-8-16-10-14(17)12-19-15-6-4-3-5-7-15/h3-7,14,16-17H,1,8-12H2,2H3. The van der Waals surface area contributed by atoms with E-state index < -0.39 is 6.10 Å². The Morgan fingerprint density at radius 1 is 1.37 bits per heavy atom. The van der Waals surface area contributed by atoms with Crippen LogP contribution in [0.2, 0.25) is 0 Å². The Hall–Kier alpha value is -1.36. The van der Waals surface area contributed by atoms with Gasteiger partial charge in [-0.1, -0.05) is 30.4 Å². The number of nitrogens with one attached hydrogen (secondary N) is 1. The molecule has 0 radical (unpaired) electrons. The van der Waals surface area contributed by atoms with Crippen LogP contribution in [0.5, 0.6) is 5.75 Å². The van der Waals surface area contributed by atoms with E-state index >= 15 is 0 Å². The summed E-state index contributed by atoms with van der Waals surface area (Å²) in [6, 6.07) is 9.46. The van der Waals surface area contributed by atoms with Crippen LogP contribution in [-0.2, 0) is 4.74 Å². The maximum Gasteiger partial charge on any atom is 0.119 e. The van der Waals surface area contributed by atoms with E-state index in [1.54, 1.807) is 0 Å². The minimum atomic E-state index is -0.527. The van der Waals surface area contributed by atoms with Crippen LogP contribution in [0, 0.1) is 0 Å². The summed E-state index contributed by atoms with van der Waals surface area (Å²) in [6.45, 7) is 8.35. The quantitative estimate of drug-likeness (QED) is 0.498. The Kier molecular flexibility index (Phi) is 7.89. The number of benzene rings is 1. The zero-order valence-corrected chi connectivity index (χ0v) is 11.5. The second-order valence-electron chi connectivity index (χ2n) is 4.49. The fourth-order valence-corrected chi connectivity index (χ4v) is 1.43. The van der Waals surface area contributed by atoms with Crippen molar-refractivity contribution in [2.45, 2.75) is 13.0 Å². The van der Waals surface area contributed by atoms with Gasteiger partial charge in [-0.2, -0.15) is 0 Å². The van der Waals surface area contributed by atoms with Gasteiger partial charge in [0.05, 0.1) is 13.2 Å². The lowest BCUT2D eigenvalue weighted by molar-refractivity contribution is 0.101. The van der Waals surface area contributed by atoms with Gasteiger partial charge in [-0.15, -0.1) is 0 Å². The molecule has 1 aromatic rings. The summed E-state index contributed by atoms with van der Waals surface area (Å²) in [5.41, 5.74) is 1.01. The zero-order valence-electron chi connectivity index (χ0n) is 11.5. The fourth-order valence-electron chi connectivity index (χ4n) is 1.43. The minimum Gasteiger partial charge on any atom is -0.491 e. The van der Waals surface area contributed by atoms with Gasteiger partial charge in [0.1, 0.15) is 18.5 Å². The highest BCUT2D eigenvalue weighted by Gasteiger charge is 2.04. The minimum absolute atomic E-state index is 0.281. The molecule has 0 aliphatic carbocycles. The average Bonchev–Trinajstić information content (AvgIpc) is 2.41. The predicted molar refractivity (Wildman–Crippen MR) is 76.4 cm³/mol. The summed E-state index contributed by atoms with van der Waals surface area (Å²) in [5.74, 6) is 0.770. The van der Waals surface area contributed by atoms with E-state index in [-0.39, 0.29) is 6.61 Å². The molecule has 2 N–H and O–H groups in total. The van der Waals surface area contributed by atoms with Crippen molar-refractivity contribution in [3.8, 4) is 5.75 Å². The molecule has 0 amide bonds. The van der Waals surface area contributed by atoms with Crippen LogP contribution in [0.4, 0.5) is 0 Å². The topological polar surface area (TPSA) is 50.7 Å². The van der Waals surface area contributed by atoms with E-state index in [4.69, 9.17) is 9.47 Å². The molecule has 106 valence electrons. The molecule has 1 atom stereocenters. The molecule has 1 aromatic carbocycles. The van der Waals surface area contributed by atoms with E-state index in [0.29, 0.717) is 26.3 Å². The van der Waals surface area contributed by atoms with Crippen molar-refractivity contribution in [2.75, 3.05) is 32.9 Å². The highest BCUT2D eigenvalue weighted by Crippen LogP contribution is 2.08. The Balaban J connectivity index is 1.99. The zero-order chi connectivity index (χ0) is 13.9. The number of aliphatic hydroxyl groups excluding tert-OH is 1. The van der Waals surface area contributed by atoms with Gasteiger partial charge >= 0.3 is 0 Å². The van der Waals surface area contributed by atoms with Crippen molar-refractivity contribution >= 4 is 0 Å². The number of rotatable bonds is 10. The molecular formula is C15H23NO3. The third-order valence-corrected chi connectivity index (χ3v) is 2.34. The summed E-state index contributed by atoms with van der Waals surface area (Å²) in [5, 5.41) is 12.8. The van der Waals surface area contributed by atoms with Crippen LogP contribution in [0.15, 0.2) is 42.5 Å². The van der Waals surface area contributed by atoms with Crippen LogP contribution in [0.1, 0.15) is 6.92 Å². The molecule has 0 saturated carbocycles. The molecule has 1 unspecified atom stereocenters. The molecule has 0 saturated heterocycles. The SMILES string of the molecule is C=C(C)COCCNCC(O)COc1ccccc1. The highest BCUT2D eigenvalue weighted by atomic mass is 16.5. The van der Waals surface area contributed by atoms with Crippen molar-refractivity contribution in [1.82, 2.24) is 5.32 Å². The van der Waals surface area contributed by atoms with Crippen LogP contribution in [0.25, 0.3) is 0 Å². The molecule has 0 bridgehead atoms. The first kappa shape index (κ1) is 15.7. The molecule has 1 rings (SSSR count). The Bertz CT molecular complexity index is 354.